The van der Waals surface area contributed by atoms with E-state index in [1.54, 1.807) is 11.8 Å². The fourth-order valence-corrected chi connectivity index (χ4v) is 9.91. The number of hydrogen-bond donors (Lipinski definition) is 1. The average molecular weight is 495 g/mol. The fraction of sp³-hybridized carbons (Fsp3) is 0.320. The van der Waals surface area contributed by atoms with Crippen LogP contribution in [0.15, 0.2) is 64.4 Å². The lowest BCUT2D eigenvalue weighted by molar-refractivity contribution is -0.123. The number of imide groups is 1. The average Bonchev–Trinajstić information content (AvgIpc) is 3.54. The zero-order valence-corrected chi connectivity index (χ0v) is 19.7. The van der Waals surface area contributed by atoms with E-state index in [4.69, 9.17) is 11.6 Å². The number of carbonyl (C=O) groups is 2. The number of fused-ring (bicyclic) bond motifs is 9. The van der Waals surface area contributed by atoms with Gasteiger partial charge in [-0.25, -0.2) is 0 Å². The number of hydrogen-bond acceptors (Lipinski definition) is 5. The number of nitrogens with one attached hydrogen (secondary N) is 1. The third-order valence-corrected chi connectivity index (χ3v) is 10.8. The van der Waals surface area contributed by atoms with E-state index in [9.17, 15) is 14.4 Å². The summed E-state index contributed by atoms with van der Waals surface area (Å²) in [6.45, 7) is 0. The maximum absolute atomic E-state index is 13.6. The molecule has 33 heavy (non-hydrogen) atoms. The van der Waals surface area contributed by atoms with Gasteiger partial charge >= 0.3 is 4.87 Å². The highest BCUT2D eigenvalue weighted by Gasteiger charge is 2.69. The maximum Gasteiger partial charge on any atom is 0.305 e. The van der Waals surface area contributed by atoms with Crippen molar-refractivity contribution < 1.29 is 9.59 Å². The van der Waals surface area contributed by atoms with Crippen molar-refractivity contribution in [3.8, 4) is 0 Å². The Balaban J connectivity index is 1.34. The van der Waals surface area contributed by atoms with Crippen molar-refractivity contribution in [3.63, 3.8) is 0 Å². The molecule has 1 N–H and O–H groups in total. The minimum atomic E-state index is -0.281. The summed E-state index contributed by atoms with van der Waals surface area (Å²) >= 11 is 9.15. The van der Waals surface area contributed by atoms with Crippen molar-refractivity contribution in [2.45, 2.75) is 22.6 Å². The van der Waals surface area contributed by atoms with E-state index in [0.717, 1.165) is 21.9 Å². The predicted molar refractivity (Wildman–Crippen MR) is 129 cm³/mol. The van der Waals surface area contributed by atoms with Gasteiger partial charge in [-0.1, -0.05) is 53.3 Å². The van der Waals surface area contributed by atoms with Gasteiger partial charge in [0.15, 0.2) is 0 Å². The number of amides is 2. The smallest absolute Gasteiger partial charge is 0.305 e. The zero-order valence-electron chi connectivity index (χ0n) is 17.3. The van der Waals surface area contributed by atoms with E-state index >= 15 is 0 Å². The molecule has 5 nitrogen and oxygen atoms in total. The Labute approximate surface area is 203 Å². The lowest BCUT2D eigenvalue weighted by Crippen LogP contribution is -2.42. The first-order valence-electron chi connectivity index (χ1n) is 11.1. The topological polar surface area (TPSA) is 70.2 Å². The Bertz CT molecular complexity index is 1350. The summed E-state index contributed by atoms with van der Waals surface area (Å²) in [5, 5.41) is 1.79. The lowest BCUT2D eigenvalue weighted by atomic mass is 9.68. The minimum absolute atomic E-state index is 0.0251. The number of para-hydroxylation sites is 1. The lowest BCUT2D eigenvalue weighted by Gasteiger charge is -2.43. The second-order valence-corrected chi connectivity index (χ2v) is 12.0. The fourth-order valence-electron chi connectivity index (χ4n) is 6.89. The Kier molecular flexibility index (Phi) is 4.30. The molecule has 0 spiro atoms. The number of halogens is 1. The number of rotatable bonds is 2. The zero-order chi connectivity index (χ0) is 22.4. The molecule has 4 aliphatic rings. The van der Waals surface area contributed by atoms with E-state index in [-0.39, 0.29) is 57.4 Å². The van der Waals surface area contributed by atoms with Gasteiger partial charge in [0.2, 0.25) is 11.8 Å². The second kappa shape index (κ2) is 7.08. The van der Waals surface area contributed by atoms with Crippen molar-refractivity contribution >= 4 is 52.2 Å². The largest absolute Gasteiger partial charge is 0.307 e. The van der Waals surface area contributed by atoms with Crippen LogP contribution in [0.1, 0.15) is 22.8 Å². The van der Waals surface area contributed by atoms with E-state index in [2.05, 4.69) is 4.98 Å². The standard InChI is InChI=1S/C25H19ClN2O3S2/c26-12-8-6-11(7-9-12)16-17-14-10-15(20(17)32-22-21(16)33-25(31)27-22)19-18(14)23(29)28(24(19)30)13-4-2-1-3-5-13/h1-9,14-20H,10H2,(H,27,31). The maximum atomic E-state index is 13.6. The second-order valence-electron chi connectivity index (χ2n) is 9.36. The van der Waals surface area contributed by atoms with Crippen LogP contribution in [0.4, 0.5) is 5.69 Å². The Hall–Kier alpha value is -2.35. The Morgan fingerprint density at radius 3 is 2.33 bits per heavy atom. The van der Waals surface area contributed by atoms with Crippen molar-refractivity contribution in [3.05, 3.63) is 79.7 Å². The van der Waals surface area contributed by atoms with E-state index in [1.807, 2.05) is 54.6 Å². The van der Waals surface area contributed by atoms with Gasteiger partial charge in [0.1, 0.15) is 0 Å². The molecule has 0 radical (unpaired) electrons. The van der Waals surface area contributed by atoms with Gasteiger partial charge in [0.05, 0.1) is 22.5 Å². The summed E-state index contributed by atoms with van der Waals surface area (Å²) in [6, 6.07) is 17.1. The summed E-state index contributed by atoms with van der Waals surface area (Å²) in [5.74, 6) is -0.192. The molecule has 3 fully saturated rings. The quantitative estimate of drug-likeness (QED) is 0.521. The number of aromatic amines is 1. The summed E-state index contributed by atoms with van der Waals surface area (Å²) in [4.78, 5) is 44.9. The molecular weight excluding hydrogens is 476 g/mol. The van der Waals surface area contributed by atoms with E-state index in [0.29, 0.717) is 10.7 Å². The van der Waals surface area contributed by atoms with Gasteiger partial charge in [-0.05, 0) is 54.0 Å². The highest BCUT2D eigenvalue weighted by molar-refractivity contribution is 8.00. The molecular formula is C25H19ClN2O3S2. The number of thiazole rings is 1. The monoisotopic (exact) mass is 494 g/mol. The molecule has 8 heteroatoms. The van der Waals surface area contributed by atoms with Crippen molar-refractivity contribution in [2.75, 3.05) is 4.90 Å². The van der Waals surface area contributed by atoms with Gasteiger partial charge < -0.3 is 4.98 Å². The molecule has 7 atom stereocenters. The summed E-state index contributed by atoms with van der Waals surface area (Å²) in [6.07, 6.45) is 0.890. The number of benzene rings is 2. The van der Waals surface area contributed by atoms with Crippen molar-refractivity contribution in [1.29, 1.82) is 0 Å². The molecule has 3 heterocycles. The summed E-state index contributed by atoms with van der Waals surface area (Å²) in [7, 11) is 0. The van der Waals surface area contributed by atoms with Crippen LogP contribution in [0.5, 0.6) is 0 Å². The number of H-pyrrole nitrogens is 1. The molecule has 7 unspecified atom stereocenters. The predicted octanol–water partition coefficient (Wildman–Crippen LogP) is 4.77. The molecule has 1 saturated heterocycles. The number of carbonyl (C=O) groups excluding carboxylic acids is 2. The molecule has 2 aliphatic carbocycles. The first kappa shape index (κ1) is 20.1. The normalized spacial score (nSPS) is 33.8. The van der Waals surface area contributed by atoms with Crippen LogP contribution in [0.2, 0.25) is 5.02 Å². The number of aromatic nitrogens is 1. The highest BCUT2D eigenvalue weighted by Crippen LogP contribution is 2.68. The summed E-state index contributed by atoms with van der Waals surface area (Å²) in [5.41, 5.74) is 1.78. The minimum Gasteiger partial charge on any atom is -0.307 e. The van der Waals surface area contributed by atoms with Crippen LogP contribution in [0.3, 0.4) is 0 Å². The Morgan fingerprint density at radius 2 is 1.61 bits per heavy atom. The van der Waals surface area contributed by atoms with Gasteiger partial charge in [-0.2, -0.15) is 0 Å². The number of anilines is 1. The third kappa shape index (κ3) is 2.70. The van der Waals surface area contributed by atoms with Gasteiger partial charge in [-0.15, -0.1) is 11.8 Å². The molecule has 2 bridgehead atoms. The number of thioether (sulfide) groups is 1. The number of nitrogens with zero attached hydrogens (tertiary/aromatic N) is 1. The summed E-state index contributed by atoms with van der Waals surface area (Å²) < 4.78 is 0. The van der Waals surface area contributed by atoms with Crippen LogP contribution < -0.4 is 9.77 Å². The molecule has 2 aromatic carbocycles. The van der Waals surface area contributed by atoms with Crippen molar-refractivity contribution in [1.82, 2.24) is 4.98 Å². The highest BCUT2D eigenvalue weighted by atomic mass is 35.5. The molecule has 2 amide bonds. The Morgan fingerprint density at radius 1 is 0.909 bits per heavy atom. The third-order valence-electron chi connectivity index (χ3n) is 7.97. The van der Waals surface area contributed by atoms with E-state index < -0.39 is 0 Å². The SMILES string of the molecule is O=C1C2C3CC(C2C(=O)N1c1ccccc1)C1C(c2ccc(Cl)cc2)c2sc(=O)[nH]c2SC31. The van der Waals surface area contributed by atoms with E-state index in [1.165, 1.54) is 16.2 Å². The van der Waals surface area contributed by atoms with Crippen LogP contribution in [-0.2, 0) is 9.59 Å². The first-order valence-corrected chi connectivity index (χ1v) is 13.2. The van der Waals surface area contributed by atoms with Crippen LogP contribution in [0.25, 0.3) is 0 Å². The molecule has 7 rings (SSSR count). The van der Waals surface area contributed by atoms with Gasteiger partial charge in [-0.3, -0.25) is 19.3 Å². The van der Waals surface area contributed by atoms with Crippen LogP contribution in [0, 0.1) is 29.6 Å². The molecule has 166 valence electrons. The molecule has 2 saturated carbocycles. The van der Waals surface area contributed by atoms with Gasteiger partial charge in [0, 0.05) is 21.1 Å². The first-order chi connectivity index (χ1) is 16.0. The van der Waals surface area contributed by atoms with Crippen molar-refractivity contribution in [2.24, 2.45) is 29.6 Å². The van der Waals surface area contributed by atoms with Gasteiger partial charge in [0.25, 0.3) is 0 Å². The molecule has 2 aliphatic heterocycles. The van der Waals surface area contributed by atoms with Crippen LogP contribution >= 0.6 is 34.7 Å². The molecule has 1 aromatic heterocycles. The van der Waals surface area contributed by atoms with Crippen LogP contribution in [-0.4, -0.2) is 22.0 Å². The molecule has 3 aromatic rings.